The van der Waals surface area contributed by atoms with Crippen LogP contribution in [0, 0.1) is 12.8 Å². The summed E-state index contributed by atoms with van der Waals surface area (Å²) in [6.07, 6.45) is 0.790. The van der Waals surface area contributed by atoms with Gasteiger partial charge in [0.15, 0.2) is 15.8 Å². The summed E-state index contributed by atoms with van der Waals surface area (Å²) in [5.74, 6) is -3.35. The van der Waals surface area contributed by atoms with E-state index in [1.807, 2.05) is 6.92 Å². The van der Waals surface area contributed by atoms with Gasteiger partial charge in [-0.25, -0.2) is 20.8 Å². The van der Waals surface area contributed by atoms with Gasteiger partial charge in [0.1, 0.15) is 0 Å². The number of nitrogens with zero attached hydrogens (tertiary/aromatic N) is 1. The van der Waals surface area contributed by atoms with Crippen molar-refractivity contribution in [2.24, 2.45) is 5.92 Å². The van der Waals surface area contributed by atoms with Crippen molar-refractivity contribution in [3.05, 3.63) is 96.2 Å². The second kappa shape index (κ2) is 11.6. The van der Waals surface area contributed by atoms with Crippen LogP contribution in [0.4, 0.5) is 0 Å². The van der Waals surface area contributed by atoms with Crippen LogP contribution < -0.4 is 0 Å². The first kappa shape index (κ1) is 29.0. The van der Waals surface area contributed by atoms with E-state index < -0.39 is 49.4 Å². The molecule has 4 aromatic rings. The molecule has 40 heavy (non-hydrogen) atoms. The van der Waals surface area contributed by atoms with E-state index in [-0.39, 0.29) is 16.2 Å². The summed E-state index contributed by atoms with van der Waals surface area (Å²) in [6.45, 7) is 1.85. The minimum absolute atomic E-state index is 0.00416. The number of carbonyl (C=O) groups excluding carboxylic acids is 2. The smallest absolute Gasteiger partial charge is 0.320 e. The number of methoxy groups -OCH3 is 2. The fourth-order valence-electron chi connectivity index (χ4n) is 4.61. The van der Waals surface area contributed by atoms with Crippen molar-refractivity contribution < 1.29 is 35.9 Å². The Balaban J connectivity index is 1.86. The number of hydrogen-bond donors (Lipinski definition) is 0. The Morgan fingerprint density at radius 1 is 0.775 bits per heavy atom. The maximum atomic E-state index is 13.9. The van der Waals surface area contributed by atoms with E-state index in [0.717, 1.165) is 23.8 Å². The molecule has 1 atom stereocenters. The lowest BCUT2D eigenvalue weighted by Gasteiger charge is -2.21. The zero-order valence-corrected chi connectivity index (χ0v) is 23.8. The molecule has 0 bridgehead atoms. The molecule has 0 amide bonds. The zero-order valence-electron chi connectivity index (χ0n) is 22.2. The molecular formula is C29H29NO8S2. The van der Waals surface area contributed by atoms with Gasteiger partial charge in [-0.3, -0.25) is 9.59 Å². The Hall–Kier alpha value is -3.96. The maximum absolute atomic E-state index is 13.9. The fraction of sp³-hybridized carbons (Fsp3) is 0.241. The molecule has 0 saturated heterocycles. The first-order chi connectivity index (χ1) is 19.0. The molecule has 0 aliphatic carbocycles. The predicted octanol–water partition coefficient (Wildman–Crippen LogP) is 3.92. The second-order valence-corrected chi connectivity index (χ2v) is 13.3. The third-order valence-electron chi connectivity index (χ3n) is 6.77. The quantitative estimate of drug-likeness (QED) is 0.203. The predicted molar refractivity (Wildman–Crippen MR) is 149 cm³/mol. The molecule has 0 aliphatic heterocycles. The Kier molecular flexibility index (Phi) is 8.45. The first-order valence-electron chi connectivity index (χ1n) is 12.4. The number of hydrogen-bond acceptors (Lipinski definition) is 8. The van der Waals surface area contributed by atoms with Gasteiger partial charge in [-0.1, -0.05) is 54.1 Å². The van der Waals surface area contributed by atoms with Crippen LogP contribution in [0.3, 0.4) is 0 Å². The molecule has 0 aliphatic rings. The van der Waals surface area contributed by atoms with Crippen LogP contribution in [-0.4, -0.2) is 52.2 Å². The summed E-state index contributed by atoms with van der Waals surface area (Å²) >= 11 is 0. The summed E-state index contributed by atoms with van der Waals surface area (Å²) in [7, 11) is -5.93. The van der Waals surface area contributed by atoms with Crippen LogP contribution in [0.25, 0.3) is 10.9 Å². The zero-order chi connectivity index (χ0) is 29.1. The van der Waals surface area contributed by atoms with E-state index >= 15 is 0 Å². The molecule has 1 heterocycles. The Morgan fingerprint density at radius 2 is 1.35 bits per heavy atom. The molecule has 4 rings (SSSR count). The van der Waals surface area contributed by atoms with Crippen molar-refractivity contribution in [2.45, 2.75) is 34.8 Å². The molecule has 210 valence electrons. The molecule has 0 radical (unpaired) electrons. The highest BCUT2D eigenvalue weighted by Crippen LogP contribution is 2.31. The summed E-state index contributed by atoms with van der Waals surface area (Å²) in [5, 5.41) is -0.765. The minimum atomic E-state index is -4.10. The van der Waals surface area contributed by atoms with Crippen molar-refractivity contribution in [1.82, 2.24) is 3.97 Å². The number of aromatic nitrogens is 1. The van der Waals surface area contributed by atoms with Crippen molar-refractivity contribution in [3.8, 4) is 0 Å². The average Bonchev–Trinajstić information content (AvgIpc) is 3.34. The van der Waals surface area contributed by atoms with Crippen LogP contribution >= 0.6 is 0 Å². The fourth-order valence-corrected chi connectivity index (χ4v) is 7.76. The minimum Gasteiger partial charge on any atom is -0.468 e. The average molecular weight is 584 g/mol. The SMILES string of the molecule is COC(=O)C(CC(Cc1cn(S(=O)(=O)c2ccc(C)cc2)c2ccccc12)S(=O)(=O)c1ccccc1)C(=O)OC. The molecule has 9 nitrogen and oxygen atoms in total. The molecule has 11 heteroatoms. The standard InChI is InChI=1S/C29H29NO8S2/c1-20-13-15-23(16-14-20)40(35,36)30-19-21(25-11-7-8-12-27(25)30)17-24(18-26(28(31)37-2)29(32)38-3)39(33,34)22-9-5-4-6-10-22/h4-16,19,24,26H,17-18H2,1-3H3. The number of rotatable bonds is 10. The van der Waals surface area contributed by atoms with Crippen molar-refractivity contribution in [3.63, 3.8) is 0 Å². The topological polar surface area (TPSA) is 126 Å². The van der Waals surface area contributed by atoms with Gasteiger partial charge in [0, 0.05) is 11.6 Å². The van der Waals surface area contributed by atoms with Crippen LogP contribution in [0.15, 0.2) is 94.9 Å². The van der Waals surface area contributed by atoms with Crippen LogP contribution in [-0.2, 0) is 45.3 Å². The third-order valence-corrected chi connectivity index (χ3v) is 10.6. The number of fused-ring (bicyclic) bond motifs is 1. The van der Waals surface area contributed by atoms with Gasteiger partial charge in [0.25, 0.3) is 10.0 Å². The molecule has 1 aromatic heterocycles. The monoisotopic (exact) mass is 583 g/mol. The Morgan fingerprint density at radius 3 is 1.95 bits per heavy atom. The number of esters is 2. The molecule has 1 unspecified atom stereocenters. The van der Waals surface area contributed by atoms with Crippen molar-refractivity contribution >= 4 is 42.7 Å². The Labute approximate surface area is 233 Å². The summed E-state index contributed by atoms with van der Waals surface area (Å²) in [5.41, 5.74) is 1.69. The molecule has 0 fully saturated rings. The van der Waals surface area contributed by atoms with Gasteiger partial charge in [0.2, 0.25) is 0 Å². The molecule has 0 saturated carbocycles. The number of carbonyl (C=O) groups is 2. The lowest BCUT2D eigenvalue weighted by Crippen LogP contribution is -2.34. The van der Waals surface area contributed by atoms with Crippen LogP contribution in [0.5, 0.6) is 0 Å². The second-order valence-electron chi connectivity index (χ2n) is 9.30. The van der Waals surface area contributed by atoms with Crippen molar-refractivity contribution in [1.29, 1.82) is 0 Å². The molecule has 0 spiro atoms. The summed E-state index contributed by atoms with van der Waals surface area (Å²) < 4.78 is 65.6. The Bertz CT molecular complexity index is 1730. The lowest BCUT2D eigenvalue weighted by atomic mass is 9.98. The number of benzene rings is 3. The number of ether oxygens (including phenoxy) is 2. The van der Waals surface area contributed by atoms with Crippen LogP contribution in [0.1, 0.15) is 17.5 Å². The number of sulfone groups is 1. The highest BCUT2D eigenvalue weighted by Gasteiger charge is 2.38. The normalized spacial score (nSPS) is 12.8. The third kappa shape index (κ3) is 5.66. The molecule has 3 aromatic carbocycles. The largest absolute Gasteiger partial charge is 0.468 e. The molecular weight excluding hydrogens is 554 g/mol. The first-order valence-corrected chi connectivity index (χ1v) is 15.3. The number of aryl methyl sites for hydroxylation is 1. The highest BCUT2D eigenvalue weighted by molar-refractivity contribution is 7.92. The van der Waals surface area contributed by atoms with Gasteiger partial charge >= 0.3 is 11.9 Å². The van der Waals surface area contributed by atoms with E-state index in [4.69, 9.17) is 9.47 Å². The molecule has 0 N–H and O–H groups in total. The van der Waals surface area contributed by atoms with Gasteiger partial charge in [0.05, 0.1) is 34.8 Å². The van der Waals surface area contributed by atoms with Crippen LogP contribution in [0.2, 0.25) is 0 Å². The van der Waals surface area contributed by atoms with E-state index in [1.165, 1.54) is 30.5 Å². The van der Waals surface area contributed by atoms with E-state index in [0.29, 0.717) is 16.5 Å². The van der Waals surface area contributed by atoms with Gasteiger partial charge in [-0.15, -0.1) is 0 Å². The highest BCUT2D eigenvalue weighted by atomic mass is 32.2. The lowest BCUT2D eigenvalue weighted by molar-refractivity contribution is -0.159. The van der Waals surface area contributed by atoms with E-state index in [1.54, 1.807) is 54.6 Å². The van der Waals surface area contributed by atoms with Gasteiger partial charge in [-0.05, 0) is 55.7 Å². The van der Waals surface area contributed by atoms with Crippen molar-refractivity contribution in [2.75, 3.05) is 14.2 Å². The van der Waals surface area contributed by atoms with Gasteiger partial charge in [-0.2, -0.15) is 0 Å². The summed E-state index contributed by atoms with van der Waals surface area (Å²) in [6, 6.07) is 20.8. The number of para-hydroxylation sites is 1. The van der Waals surface area contributed by atoms with Gasteiger partial charge < -0.3 is 9.47 Å². The maximum Gasteiger partial charge on any atom is 0.320 e. The van der Waals surface area contributed by atoms with E-state index in [9.17, 15) is 26.4 Å². The van der Waals surface area contributed by atoms with E-state index in [2.05, 4.69) is 0 Å². The summed E-state index contributed by atoms with van der Waals surface area (Å²) in [4.78, 5) is 25.1.